The van der Waals surface area contributed by atoms with Crippen molar-refractivity contribution in [1.29, 1.82) is 0 Å². The third-order valence-corrected chi connectivity index (χ3v) is 4.20. The van der Waals surface area contributed by atoms with Gasteiger partial charge in [-0.05, 0) is 12.5 Å². The zero-order valence-electron chi connectivity index (χ0n) is 12.0. The standard InChI is InChI=1S/C16H18N4S/c1-13-9-19-20(12-13)8-7-17-10-15-11-18-16(21-15)14-5-3-2-4-6-14/h2-6,9,11-12,17H,7-8,10H2,1H3. The van der Waals surface area contributed by atoms with Crippen molar-refractivity contribution in [2.24, 2.45) is 0 Å². The van der Waals surface area contributed by atoms with E-state index in [0.29, 0.717) is 0 Å². The SMILES string of the molecule is Cc1cnn(CCNCc2cnc(-c3ccccc3)s2)c1. The highest BCUT2D eigenvalue weighted by Crippen LogP contribution is 2.24. The van der Waals surface area contributed by atoms with Crippen LogP contribution >= 0.6 is 11.3 Å². The van der Waals surface area contributed by atoms with Crippen LogP contribution in [0.15, 0.2) is 48.9 Å². The Bertz CT molecular complexity index is 687. The fraction of sp³-hybridized carbons (Fsp3) is 0.250. The van der Waals surface area contributed by atoms with E-state index in [1.807, 2.05) is 35.3 Å². The molecule has 4 nitrogen and oxygen atoms in total. The summed E-state index contributed by atoms with van der Waals surface area (Å²) < 4.78 is 1.96. The molecule has 1 aromatic carbocycles. The van der Waals surface area contributed by atoms with Gasteiger partial charge in [-0.3, -0.25) is 4.68 Å². The second-order valence-electron chi connectivity index (χ2n) is 4.96. The maximum absolute atomic E-state index is 4.49. The first-order chi connectivity index (χ1) is 10.3. The molecule has 0 atom stereocenters. The zero-order valence-corrected chi connectivity index (χ0v) is 12.8. The molecule has 1 N–H and O–H groups in total. The van der Waals surface area contributed by atoms with Gasteiger partial charge in [-0.25, -0.2) is 4.98 Å². The van der Waals surface area contributed by atoms with E-state index in [1.54, 1.807) is 11.3 Å². The zero-order chi connectivity index (χ0) is 14.5. The Labute approximate surface area is 128 Å². The van der Waals surface area contributed by atoms with Crippen molar-refractivity contribution in [1.82, 2.24) is 20.1 Å². The molecule has 2 heterocycles. The summed E-state index contributed by atoms with van der Waals surface area (Å²) in [6, 6.07) is 10.3. The molecule has 0 bridgehead atoms. The van der Waals surface area contributed by atoms with E-state index in [2.05, 4.69) is 40.7 Å². The molecule has 3 rings (SSSR count). The van der Waals surface area contributed by atoms with Crippen LogP contribution in [0.1, 0.15) is 10.4 Å². The second-order valence-corrected chi connectivity index (χ2v) is 6.07. The van der Waals surface area contributed by atoms with Crippen molar-refractivity contribution < 1.29 is 0 Å². The van der Waals surface area contributed by atoms with Gasteiger partial charge in [0, 0.05) is 35.9 Å². The number of benzene rings is 1. The molecule has 0 radical (unpaired) electrons. The third-order valence-electron chi connectivity index (χ3n) is 3.15. The largest absolute Gasteiger partial charge is 0.310 e. The van der Waals surface area contributed by atoms with Gasteiger partial charge in [0.2, 0.25) is 0 Å². The second kappa shape index (κ2) is 6.65. The van der Waals surface area contributed by atoms with Gasteiger partial charge in [0.15, 0.2) is 0 Å². The smallest absolute Gasteiger partial charge is 0.123 e. The van der Waals surface area contributed by atoms with E-state index in [0.717, 1.165) is 24.6 Å². The lowest BCUT2D eigenvalue weighted by Crippen LogP contribution is -2.19. The van der Waals surface area contributed by atoms with Crippen LogP contribution in [0.4, 0.5) is 0 Å². The van der Waals surface area contributed by atoms with Crippen molar-refractivity contribution in [3.05, 3.63) is 59.4 Å². The predicted molar refractivity (Wildman–Crippen MR) is 86.2 cm³/mol. The summed E-state index contributed by atoms with van der Waals surface area (Å²) in [5, 5.41) is 8.78. The van der Waals surface area contributed by atoms with Crippen molar-refractivity contribution in [2.75, 3.05) is 6.54 Å². The lowest BCUT2D eigenvalue weighted by molar-refractivity contribution is 0.556. The molecule has 0 spiro atoms. The molecule has 0 aliphatic carbocycles. The highest BCUT2D eigenvalue weighted by molar-refractivity contribution is 7.15. The lowest BCUT2D eigenvalue weighted by Gasteiger charge is -2.03. The maximum Gasteiger partial charge on any atom is 0.123 e. The number of aromatic nitrogens is 3. The van der Waals surface area contributed by atoms with E-state index in [-0.39, 0.29) is 0 Å². The van der Waals surface area contributed by atoms with Gasteiger partial charge in [-0.15, -0.1) is 11.3 Å². The van der Waals surface area contributed by atoms with E-state index in [4.69, 9.17) is 0 Å². The van der Waals surface area contributed by atoms with Gasteiger partial charge in [0.25, 0.3) is 0 Å². The highest BCUT2D eigenvalue weighted by Gasteiger charge is 2.03. The van der Waals surface area contributed by atoms with E-state index >= 15 is 0 Å². The van der Waals surface area contributed by atoms with E-state index in [9.17, 15) is 0 Å². The summed E-state index contributed by atoms with van der Waals surface area (Å²) in [6.45, 7) is 4.70. The average Bonchev–Trinajstić information content (AvgIpc) is 3.14. The fourth-order valence-electron chi connectivity index (χ4n) is 2.10. The quantitative estimate of drug-likeness (QED) is 0.711. The van der Waals surface area contributed by atoms with Crippen LogP contribution in [-0.4, -0.2) is 21.3 Å². The number of hydrogen-bond donors (Lipinski definition) is 1. The molecule has 0 fully saturated rings. The average molecular weight is 298 g/mol. The minimum absolute atomic E-state index is 0.852. The van der Waals surface area contributed by atoms with Crippen LogP contribution in [0.2, 0.25) is 0 Å². The Morgan fingerprint density at radius 1 is 1.19 bits per heavy atom. The van der Waals surface area contributed by atoms with Gasteiger partial charge >= 0.3 is 0 Å². The first-order valence-corrected chi connectivity index (χ1v) is 7.83. The molecule has 0 amide bonds. The molecular weight excluding hydrogens is 280 g/mol. The molecule has 21 heavy (non-hydrogen) atoms. The Hall–Kier alpha value is -1.98. The minimum atomic E-state index is 0.852. The topological polar surface area (TPSA) is 42.7 Å². The summed E-state index contributed by atoms with van der Waals surface area (Å²) in [4.78, 5) is 5.74. The molecule has 0 aliphatic heterocycles. The van der Waals surface area contributed by atoms with Gasteiger partial charge in [-0.1, -0.05) is 30.3 Å². The number of rotatable bonds is 6. The summed E-state index contributed by atoms with van der Waals surface area (Å²) in [5.74, 6) is 0. The van der Waals surface area contributed by atoms with E-state index < -0.39 is 0 Å². The molecule has 5 heteroatoms. The van der Waals surface area contributed by atoms with Gasteiger partial charge in [-0.2, -0.15) is 5.10 Å². The number of nitrogens with one attached hydrogen (secondary N) is 1. The summed E-state index contributed by atoms with van der Waals surface area (Å²) in [7, 11) is 0. The Balaban J connectivity index is 1.49. The first-order valence-electron chi connectivity index (χ1n) is 7.01. The van der Waals surface area contributed by atoms with Crippen molar-refractivity contribution in [2.45, 2.75) is 20.0 Å². The van der Waals surface area contributed by atoms with Crippen molar-refractivity contribution in [3.8, 4) is 10.6 Å². The monoisotopic (exact) mass is 298 g/mol. The van der Waals surface area contributed by atoms with Crippen LogP contribution in [-0.2, 0) is 13.1 Å². The molecule has 0 aliphatic rings. The highest BCUT2D eigenvalue weighted by atomic mass is 32.1. The molecule has 0 saturated heterocycles. The van der Waals surface area contributed by atoms with Gasteiger partial charge < -0.3 is 5.32 Å². The number of hydrogen-bond acceptors (Lipinski definition) is 4. The summed E-state index contributed by atoms with van der Waals surface area (Å²) in [6.07, 6.45) is 5.90. The normalized spacial score (nSPS) is 10.9. The van der Waals surface area contributed by atoms with Gasteiger partial charge in [0.1, 0.15) is 5.01 Å². The van der Waals surface area contributed by atoms with E-state index in [1.165, 1.54) is 16.0 Å². The molecule has 2 aromatic heterocycles. The Morgan fingerprint density at radius 3 is 2.81 bits per heavy atom. The van der Waals surface area contributed by atoms with Crippen LogP contribution in [0.5, 0.6) is 0 Å². The summed E-state index contributed by atoms with van der Waals surface area (Å²) in [5.41, 5.74) is 2.38. The third kappa shape index (κ3) is 3.77. The molecule has 0 unspecified atom stereocenters. The molecule has 108 valence electrons. The van der Waals surface area contributed by atoms with Gasteiger partial charge in [0.05, 0.1) is 12.7 Å². The minimum Gasteiger partial charge on any atom is -0.310 e. The fourth-order valence-corrected chi connectivity index (χ4v) is 2.99. The van der Waals surface area contributed by atoms with Crippen molar-refractivity contribution >= 4 is 11.3 Å². The predicted octanol–water partition coefficient (Wildman–Crippen LogP) is 3.10. The Kier molecular flexibility index (Phi) is 4.43. The maximum atomic E-state index is 4.49. The van der Waals surface area contributed by atoms with Crippen LogP contribution in [0.25, 0.3) is 10.6 Å². The van der Waals surface area contributed by atoms with Crippen LogP contribution in [0, 0.1) is 6.92 Å². The van der Waals surface area contributed by atoms with Crippen molar-refractivity contribution in [3.63, 3.8) is 0 Å². The molecular formula is C16H18N4S. The summed E-state index contributed by atoms with van der Waals surface area (Å²) >= 11 is 1.74. The number of aryl methyl sites for hydroxylation is 1. The molecule has 0 saturated carbocycles. The van der Waals surface area contributed by atoms with Crippen LogP contribution < -0.4 is 5.32 Å². The first kappa shape index (κ1) is 14.0. The Morgan fingerprint density at radius 2 is 2.05 bits per heavy atom. The lowest BCUT2D eigenvalue weighted by atomic mass is 10.2. The van der Waals surface area contributed by atoms with Crippen LogP contribution in [0.3, 0.4) is 0 Å². The number of thiazole rings is 1. The molecule has 3 aromatic rings. The number of nitrogens with zero attached hydrogens (tertiary/aromatic N) is 3.